The summed E-state index contributed by atoms with van der Waals surface area (Å²) in [6, 6.07) is 1.24. The Hall–Kier alpha value is -1.50. The van der Waals surface area contributed by atoms with Crippen LogP contribution in [-0.4, -0.2) is 67.4 Å². The third-order valence-corrected chi connectivity index (χ3v) is 4.80. The van der Waals surface area contributed by atoms with Gasteiger partial charge in [-0.2, -0.15) is 0 Å². The van der Waals surface area contributed by atoms with Crippen molar-refractivity contribution in [1.82, 2.24) is 20.9 Å². The molecule has 0 aromatic carbocycles. The standard InChI is InChI=1S/C19H37N5O2/c1-5-20-17(21-11-12-22-18(25)26-19(2,3)4)23-15-10-13-24(14-15)16-8-6-7-9-16/h15-16H,5-14H2,1-4H3,(H,22,25)(H2,20,21,23). The van der Waals surface area contributed by atoms with Crippen LogP contribution in [0.25, 0.3) is 0 Å². The molecule has 150 valence electrons. The molecule has 1 unspecified atom stereocenters. The van der Waals surface area contributed by atoms with Crippen LogP contribution < -0.4 is 16.0 Å². The van der Waals surface area contributed by atoms with E-state index >= 15 is 0 Å². The normalized spacial score (nSPS) is 22.5. The summed E-state index contributed by atoms with van der Waals surface area (Å²) in [7, 11) is 0. The van der Waals surface area contributed by atoms with Crippen molar-refractivity contribution in [2.45, 2.75) is 77.5 Å². The van der Waals surface area contributed by atoms with Gasteiger partial charge in [0.05, 0.1) is 6.54 Å². The van der Waals surface area contributed by atoms with E-state index in [2.05, 4.69) is 32.8 Å². The summed E-state index contributed by atoms with van der Waals surface area (Å²) >= 11 is 0. The minimum absolute atomic E-state index is 0.395. The van der Waals surface area contributed by atoms with Crippen LogP contribution in [0, 0.1) is 0 Å². The molecular formula is C19H37N5O2. The predicted octanol–water partition coefficient (Wildman–Crippen LogP) is 2.08. The summed E-state index contributed by atoms with van der Waals surface area (Å²) in [5.74, 6) is 0.830. The number of nitrogens with one attached hydrogen (secondary N) is 3. The molecule has 7 heteroatoms. The van der Waals surface area contributed by atoms with Crippen LogP contribution in [0.4, 0.5) is 4.79 Å². The number of ether oxygens (including phenoxy) is 1. The van der Waals surface area contributed by atoms with Gasteiger partial charge in [-0.25, -0.2) is 4.79 Å². The number of hydrogen-bond acceptors (Lipinski definition) is 4. The number of amides is 1. The third-order valence-electron chi connectivity index (χ3n) is 4.80. The van der Waals surface area contributed by atoms with Crippen LogP contribution in [0.15, 0.2) is 4.99 Å². The smallest absolute Gasteiger partial charge is 0.407 e. The van der Waals surface area contributed by atoms with Gasteiger partial charge in [0.2, 0.25) is 0 Å². The summed E-state index contributed by atoms with van der Waals surface area (Å²) in [6.45, 7) is 11.7. The van der Waals surface area contributed by atoms with Crippen LogP contribution >= 0.6 is 0 Å². The van der Waals surface area contributed by atoms with E-state index in [1.807, 2.05) is 20.8 Å². The topological polar surface area (TPSA) is 78.0 Å². The molecule has 1 amide bonds. The first-order valence-electron chi connectivity index (χ1n) is 10.1. The first-order chi connectivity index (χ1) is 12.4. The van der Waals surface area contributed by atoms with E-state index < -0.39 is 11.7 Å². The van der Waals surface area contributed by atoms with Crippen molar-refractivity contribution in [2.24, 2.45) is 4.99 Å². The Morgan fingerprint density at radius 1 is 1.19 bits per heavy atom. The number of aliphatic imine (C=N–C) groups is 1. The maximum absolute atomic E-state index is 11.7. The lowest BCUT2D eigenvalue weighted by Crippen LogP contribution is -2.45. The molecule has 3 N–H and O–H groups in total. The molecule has 1 saturated heterocycles. The van der Waals surface area contributed by atoms with Gasteiger partial charge in [-0.15, -0.1) is 0 Å². The average Bonchev–Trinajstić information content (AvgIpc) is 3.21. The van der Waals surface area contributed by atoms with Crippen molar-refractivity contribution in [2.75, 3.05) is 32.7 Å². The number of rotatable bonds is 6. The van der Waals surface area contributed by atoms with Gasteiger partial charge in [0, 0.05) is 38.3 Å². The van der Waals surface area contributed by atoms with Crippen LogP contribution in [0.5, 0.6) is 0 Å². The van der Waals surface area contributed by atoms with Crippen LogP contribution in [-0.2, 0) is 4.74 Å². The van der Waals surface area contributed by atoms with Crippen molar-refractivity contribution in [3.8, 4) is 0 Å². The molecule has 0 aromatic heterocycles. The highest BCUT2D eigenvalue weighted by molar-refractivity contribution is 5.80. The lowest BCUT2D eigenvalue weighted by molar-refractivity contribution is 0.0529. The number of likely N-dealkylation sites (tertiary alicyclic amines) is 1. The van der Waals surface area contributed by atoms with E-state index in [0.29, 0.717) is 19.1 Å². The SMILES string of the molecule is CCNC(=NCCNC(=O)OC(C)(C)C)NC1CCN(C2CCCC2)C1. The van der Waals surface area contributed by atoms with Crippen molar-refractivity contribution in [3.63, 3.8) is 0 Å². The highest BCUT2D eigenvalue weighted by Gasteiger charge is 2.30. The Morgan fingerprint density at radius 2 is 1.92 bits per heavy atom. The van der Waals surface area contributed by atoms with Crippen LogP contribution in [0.3, 0.4) is 0 Å². The number of nitrogens with zero attached hydrogens (tertiary/aromatic N) is 2. The summed E-state index contributed by atoms with van der Waals surface area (Å²) in [5, 5.41) is 9.59. The molecule has 0 bridgehead atoms. The minimum Gasteiger partial charge on any atom is -0.444 e. The Morgan fingerprint density at radius 3 is 2.58 bits per heavy atom. The molecule has 2 aliphatic rings. The number of alkyl carbamates (subject to hydrolysis) is 1. The molecule has 2 fully saturated rings. The van der Waals surface area contributed by atoms with Gasteiger partial charge in [-0.3, -0.25) is 9.89 Å². The Balaban J connectivity index is 1.71. The van der Waals surface area contributed by atoms with Crippen molar-refractivity contribution < 1.29 is 9.53 Å². The van der Waals surface area contributed by atoms with Gasteiger partial charge < -0.3 is 20.7 Å². The number of carbonyl (C=O) groups is 1. The summed E-state index contributed by atoms with van der Waals surface area (Å²) in [6.07, 6.45) is 6.25. The maximum atomic E-state index is 11.7. The zero-order valence-electron chi connectivity index (χ0n) is 16.9. The zero-order valence-corrected chi connectivity index (χ0v) is 16.9. The van der Waals surface area contributed by atoms with Gasteiger partial charge >= 0.3 is 6.09 Å². The molecule has 1 atom stereocenters. The fraction of sp³-hybridized carbons (Fsp3) is 0.895. The Labute approximate surface area is 158 Å². The van der Waals surface area contributed by atoms with Crippen LogP contribution in [0.1, 0.15) is 59.8 Å². The predicted molar refractivity (Wildman–Crippen MR) is 106 cm³/mol. The fourth-order valence-electron chi connectivity index (χ4n) is 3.66. The fourth-order valence-corrected chi connectivity index (χ4v) is 3.66. The molecule has 1 saturated carbocycles. The van der Waals surface area contributed by atoms with Gasteiger partial charge in [-0.05, 0) is 47.0 Å². The van der Waals surface area contributed by atoms with Crippen molar-refractivity contribution in [1.29, 1.82) is 0 Å². The molecule has 0 radical (unpaired) electrons. The van der Waals surface area contributed by atoms with Gasteiger partial charge in [-0.1, -0.05) is 12.8 Å². The van der Waals surface area contributed by atoms with E-state index in [0.717, 1.165) is 31.5 Å². The lowest BCUT2D eigenvalue weighted by atomic mass is 10.2. The minimum atomic E-state index is -0.475. The van der Waals surface area contributed by atoms with Gasteiger partial charge in [0.1, 0.15) is 5.60 Å². The van der Waals surface area contributed by atoms with E-state index in [1.54, 1.807) is 0 Å². The largest absolute Gasteiger partial charge is 0.444 e. The average molecular weight is 368 g/mol. The molecule has 1 heterocycles. The summed E-state index contributed by atoms with van der Waals surface area (Å²) in [5.41, 5.74) is -0.475. The highest BCUT2D eigenvalue weighted by Crippen LogP contribution is 2.26. The first-order valence-corrected chi connectivity index (χ1v) is 10.1. The number of carbonyl (C=O) groups excluding carboxylic acids is 1. The Bertz CT molecular complexity index is 469. The molecule has 0 spiro atoms. The van der Waals surface area contributed by atoms with E-state index in [9.17, 15) is 4.79 Å². The second kappa shape index (κ2) is 10.00. The zero-order chi connectivity index (χ0) is 19.0. The maximum Gasteiger partial charge on any atom is 0.407 e. The number of guanidine groups is 1. The van der Waals surface area contributed by atoms with Gasteiger partial charge in [0.25, 0.3) is 0 Å². The van der Waals surface area contributed by atoms with Crippen molar-refractivity contribution >= 4 is 12.1 Å². The summed E-state index contributed by atoms with van der Waals surface area (Å²) in [4.78, 5) is 18.9. The molecule has 7 nitrogen and oxygen atoms in total. The molecule has 26 heavy (non-hydrogen) atoms. The number of hydrogen-bond donors (Lipinski definition) is 3. The second-order valence-corrected chi connectivity index (χ2v) is 8.25. The highest BCUT2D eigenvalue weighted by atomic mass is 16.6. The molecule has 1 aliphatic heterocycles. The second-order valence-electron chi connectivity index (χ2n) is 8.25. The molecule has 0 aromatic rings. The molecule has 1 aliphatic carbocycles. The van der Waals surface area contributed by atoms with Crippen LogP contribution in [0.2, 0.25) is 0 Å². The summed E-state index contributed by atoms with van der Waals surface area (Å²) < 4.78 is 5.23. The van der Waals surface area contributed by atoms with Crippen molar-refractivity contribution in [3.05, 3.63) is 0 Å². The molecule has 2 rings (SSSR count). The quantitative estimate of drug-likeness (QED) is 0.381. The molecular weight excluding hydrogens is 330 g/mol. The monoisotopic (exact) mass is 367 g/mol. The van der Waals surface area contributed by atoms with Gasteiger partial charge in [0.15, 0.2) is 5.96 Å². The Kier molecular flexibility index (Phi) is 8.00. The first kappa shape index (κ1) is 20.8. The van der Waals surface area contributed by atoms with E-state index in [4.69, 9.17) is 4.74 Å². The van der Waals surface area contributed by atoms with E-state index in [1.165, 1.54) is 32.2 Å². The third kappa shape index (κ3) is 7.40. The lowest BCUT2D eigenvalue weighted by Gasteiger charge is -2.24. The van der Waals surface area contributed by atoms with E-state index in [-0.39, 0.29) is 0 Å².